The van der Waals surface area contributed by atoms with E-state index in [2.05, 4.69) is 45.2 Å². The number of carbonyl (C=O) groups is 3. The third-order valence-corrected chi connectivity index (χ3v) is 15.9. The molecule has 9 aromatic rings. The van der Waals surface area contributed by atoms with E-state index in [0.717, 1.165) is 74.3 Å². The minimum absolute atomic E-state index is 0. The summed E-state index contributed by atoms with van der Waals surface area (Å²) in [6, 6.07) is 24.2. The Kier molecular flexibility index (Phi) is 20.2. The predicted molar refractivity (Wildman–Crippen MR) is 295 cm³/mol. The van der Waals surface area contributed by atoms with Crippen LogP contribution in [0.2, 0.25) is 0 Å². The van der Waals surface area contributed by atoms with Crippen molar-refractivity contribution in [3.8, 4) is 11.2 Å². The number of aryl methyl sites for hydroxylation is 7. The van der Waals surface area contributed by atoms with Crippen molar-refractivity contribution in [3.05, 3.63) is 152 Å². The number of hydrogen-bond donors (Lipinski definition) is 3. The summed E-state index contributed by atoms with van der Waals surface area (Å²) in [5.74, 6) is 1.94. The fraction of sp³-hybridized carbons (Fsp3) is 0.200. The molecule has 0 atom stereocenters. The van der Waals surface area contributed by atoms with E-state index in [9.17, 15) is 38.3 Å². The van der Waals surface area contributed by atoms with E-state index in [1.54, 1.807) is 18.2 Å². The van der Waals surface area contributed by atoms with Crippen LogP contribution in [0, 0.1) is 97.5 Å². The average Bonchev–Trinajstić information content (AvgIpc) is 4.15. The second-order valence-electron chi connectivity index (χ2n) is 19.7. The summed E-state index contributed by atoms with van der Waals surface area (Å²) < 4.78 is 32.2. The van der Waals surface area contributed by atoms with Gasteiger partial charge < -0.3 is 30.0 Å². The van der Waals surface area contributed by atoms with Gasteiger partial charge in [-0.2, -0.15) is 20.9 Å². The van der Waals surface area contributed by atoms with Gasteiger partial charge in [-0.15, -0.1) is 10.2 Å². The van der Waals surface area contributed by atoms with Crippen LogP contribution in [0.4, 0.5) is 45.3 Å². The first-order chi connectivity index (χ1) is 36.8. The molecule has 0 saturated carbocycles. The molecule has 0 unspecified atom stereocenters. The number of carbonyl (C=O) groups excluding carboxylic acids is 3. The number of aromatic carboxylic acids is 2. The Labute approximate surface area is 548 Å². The Morgan fingerprint density at radius 3 is 1.90 bits per heavy atom. The second kappa shape index (κ2) is 25.4. The van der Waals surface area contributed by atoms with Crippen molar-refractivity contribution >= 4 is 116 Å². The molecule has 0 aliphatic heterocycles. The largest absolute Gasteiger partial charge is 1.00 e. The number of rotatable bonds is 14. The SMILES string of the molecule is Cc1cc(C)c(Nc2nc(N(c3nc4ccc(C(=O)ON)cc4s3)c3c(C)cc(C)cc3C)cc(C)c2N=Nc2c(C#N)c(C(C)(C)C)nn2-c2nc3ccc(S(=O)(=O)Nc4cc(C(=O)[O-])cc(C(=O)[O-])c4)cc3s2)c(C)c1.[Ar].[Na+].[Na+]. The molecule has 20 nitrogen and oxygen atoms in total. The van der Waals surface area contributed by atoms with Gasteiger partial charge in [0.05, 0.1) is 59.9 Å². The number of carboxylic acids is 2. The van der Waals surface area contributed by atoms with Gasteiger partial charge in [0.2, 0.25) is 5.13 Å². The third-order valence-electron chi connectivity index (χ3n) is 12.5. The summed E-state index contributed by atoms with van der Waals surface area (Å²) in [5.41, 5.74) is 8.06. The van der Waals surface area contributed by atoms with Crippen LogP contribution >= 0.6 is 22.7 Å². The minimum atomic E-state index is -4.45. The number of carboxylic acid groups (broad SMARTS) is 2. The number of nitrogens with one attached hydrogen (secondary N) is 2. The van der Waals surface area contributed by atoms with Gasteiger partial charge in [-0.1, -0.05) is 78.8 Å². The molecule has 5 aromatic carbocycles. The number of thiazole rings is 2. The molecule has 0 aliphatic carbocycles. The van der Waals surface area contributed by atoms with Crippen molar-refractivity contribution in [3.63, 3.8) is 0 Å². The summed E-state index contributed by atoms with van der Waals surface area (Å²) in [7, 11) is -4.45. The fourth-order valence-electron chi connectivity index (χ4n) is 9.16. The maximum atomic E-state index is 13.7. The zero-order chi connectivity index (χ0) is 56.3. The van der Waals surface area contributed by atoms with Gasteiger partial charge >= 0.3 is 65.1 Å². The predicted octanol–water partition coefficient (Wildman–Crippen LogP) is 4.01. The van der Waals surface area contributed by atoms with E-state index < -0.39 is 44.5 Å². The molecule has 0 fully saturated rings. The Bertz CT molecular complexity index is 4130. The Morgan fingerprint density at radius 1 is 0.741 bits per heavy atom. The average molecular weight is 1190 g/mol. The van der Waals surface area contributed by atoms with Gasteiger partial charge in [0.15, 0.2) is 16.8 Å². The summed E-state index contributed by atoms with van der Waals surface area (Å²) in [5, 5.41) is 53.0. The van der Waals surface area contributed by atoms with Crippen LogP contribution in [0.1, 0.15) is 102 Å². The molecular weight excluding hydrogens is 1140 g/mol. The van der Waals surface area contributed by atoms with Crippen molar-refractivity contribution in [2.24, 2.45) is 16.1 Å². The molecule has 26 heteroatoms. The van der Waals surface area contributed by atoms with Crippen LogP contribution < -0.4 is 90.2 Å². The number of nitrogens with zero attached hydrogens (tertiary/aromatic N) is 9. The molecule has 0 saturated heterocycles. The number of benzene rings is 5. The number of hydrogen-bond acceptors (Lipinski definition) is 20. The number of nitriles is 1. The normalized spacial score (nSPS) is 11.4. The molecule has 0 bridgehead atoms. The van der Waals surface area contributed by atoms with Crippen molar-refractivity contribution in [1.29, 1.82) is 5.26 Å². The molecule has 4 aromatic heterocycles. The van der Waals surface area contributed by atoms with Gasteiger partial charge in [0.1, 0.15) is 23.1 Å². The van der Waals surface area contributed by atoms with E-state index in [0.29, 0.717) is 54.1 Å². The molecular formula is C55H48ArN12Na2O8S3. The maximum absolute atomic E-state index is 13.7. The van der Waals surface area contributed by atoms with E-state index in [-0.39, 0.29) is 130 Å². The van der Waals surface area contributed by atoms with Gasteiger partial charge in [0, 0.05) is 48.8 Å². The Hall–Kier alpha value is -5.69. The smallest absolute Gasteiger partial charge is 0.545 e. The summed E-state index contributed by atoms with van der Waals surface area (Å²) >= 11 is 2.40. The summed E-state index contributed by atoms with van der Waals surface area (Å²) in [4.78, 5) is 57.2. The molecule has 4 heterocycles. The van der Waals surface area contributed by atoms with E-state index in [4.69, 9.17) is 36.2 Å². The molecule has 9 rings (SSSR count). The molecule has 404 valence electrons. The molecule has 0 spiro atoms. The van der Waals surface area contributed by atoms with Crippen molar-refractivity contribution in [2.75, 3.05) is 14.9 Å². The number of fused-ring (bicyclic) bond motifs is 2. The molecule has 81 heavy (non-hydrogen) atoms. The fourth-order valence-corrected chi connectivity index (χ4v) is 12.3. The van der Waals surface area contributed by atoms with Gasteiger partial charge in [0.25, 0.3) is 10.0 Å². The van der Waals surface area contributed by atoms with E-state index in [1.165, 1.54) is 34.2 Å². The monoisotopic (exact) mass is 1190 g/mol. The topological polar surface area (TPSA) is 299 Å². The van der Waals surface area contributed by atoms with Crippen molar-refractivity contribution < 1.29 is 135 Å². The molecule has 0 amide bonds. The van der Waals surface area contributed by atoms with E-state index >= 15 is 0 Å². The van der Waals surface area contributed by atoms with Gasteiger partial charge in [-0.25, -0.2) is 28.2 Å². The number of sulfonamides is 1. The number of anilines is 6. The molecule has 4 N–H and O–H groups in total. The zero-order valence-corrected chi connectivity index (χ0v) is 53.2. The van der Waals surface area contributed by atoms with Crippen LogP contribution in [0.15, 0.2) is 100 Å². The number of pyridine rings is 1. The molecule has 0 radical (unpaired) electrons. The zero-order valence-electron chi connectivity index (χ0n) is 46.0. The first-order valence-corrected chi connectivity index (χ1v) is 27.0. The van der Waals surface area contributed by atoms with Crippen molar-refractivity contribution in [1.82, 2.24) is 24.7 Å². The van der Waals surface area contributed by atoms with Crippen LogP contribution in [0.5, 0.6) is 0 Å². The summed E-state index contributed by atoms with van der Waals surface area (Å²) in [6.07, 6.45) is 0. The molecule has 0 aliphatic rings. The Morgan fingerprint density at radius 2 is 1.32 bits per heavy atom. The first-order valence-electron chi connectivity index (χ1n) is 23.9. The van der Waals surface area contributed by atoms with Crippen LogP contribution in [-0.4, -0.2) is 51.1 Å². The van der Waals surface area contributed by atoms with Crippen molar-refractivity contribution in [2.45, 2.75) is 79.5 Å². The first kappa shape index (κ1) is 64.5. The minimum Gasteiger partial charge on any atom is -0.545 e. The van der Waals surface area contributed by atoms with E-state index in [1.807, 2.05) is 80.2 Å². The standard InChI is InChI=1S/C55H50N12O8S3.Ar.2Na/c1-26-15-28(3)44(29(4)16-26)61-48-45(30(5)19-43(60-48)66(46-31(6)17-27(2)18-32(46)7)53-58-39-13-11-33(52(72)75-57)23-41(39)76-53)62-63-49-38(25-56)47(55(8,9)10)64-67(49)54-59-40-14-12-37(24-42(40)77-54)78(73,74)65-36-21-34(50(68)69)20-35(22-36)51(70)71;;;/h11-24,65H,57H2,1-10H3,(H,60,61)(H,68,69)(H,70,71);;;/q;;2*+1/p-2. The van der Waals surface area contributed by atoms with Gasteiger partial charge in [-0.05, 0) is 148 Å². The maximum Gasteiger partial charge on any atom is 1.00 e. The summed E-state index contributed by atoms with van der Waals surface area (Å²) in [6.45, 7) is 19.6. The van der Waals surface area contributed by atoms with Crippen LogP contribution in [0.25, 0.3) is 25.6 Å². The quantitative estimate of drug-likeness (QED) is 0.0787. The number of nitrogens with two attached hydrogens (primary N) is 1. The number of azo groups is 1. The Balaban J connectivity index is 0.00000352. The van der Waals surface area contributed by atoms with Crippen LogP contribution in [-0.2, 0) is 20.3 Å². The van der Waals surface area contributed by atoms with Crippen LogP contribution in [0.3, 0.4) is 0 Å². The van der Waals surface area contributed by atoms with Gasteiger partial charge in [-0.3, -0.25) is 9.62 Å². The number of aromatic nitrogens is 5. The third kappa shape index (κ3) is 13.4. The second-order valence-corrected chi connectivity index (χ2v) is 23.4.